The molecule has 3 rings (SSSR count). The van der Waals surface area contributed by atoms with Crippen LogP contribution in [-0.2, 0) is 46.5 Å². The molecule has 6 amide bonds. The molecule has 2 aliphatic rings. The van der Waals surface area contributed by atoms with E-state index in [0.29, 0.717) is 43.7 Å². The van der Waals surface area contributed by atoms with Crippen LogP contribution in [0.2, 0.25) is 0 Å². The maximum absolute atomic E-state index is 13.1. The first-order valence-electron chi connectivity index (χ1n) is 15.6. The average Bonchev–Trinajstić information content (AvgIpc) is 3.05. The molecule has 1 aromatic carbocycles. The molecule has 46 heavy (non-hydrogen) atoms. The Labute approximate surface area is 268 Å². The molecule has 15 nitrogen and oxygen atoms in total. The summed E-state index contributed by atoms with van der Waals surface area (Å²) in [6.07, 6.45) is 3.23. The lowest BCUT2D eigenvalue weighted by molar-refractivity contribution is -0.135. The van der Waals surface area contributed by atoms with Crippen LogP contribution in [0, 0.1) is 5.92 Å². The number of fused-ring (bicyclic) bond motifs is 3. The van der Waals surface area contributed by atoms with Crippen molar-refractivity contribution in [3.63, 3.8) is 0 Å². The minimum Gasteiger partial charge on any atom is -0.396 e. The maximum Gasteiger partial charge on any atom is 0.246 e. The Morgan fingerprint density at radius 2 is 1.78 bits per heavy atom. The topological polar surface area (TPSA) is 221 Å². The number of rotatable bonds is 8. The van der Waals surface area contributed by atoms with E-state index in [0.717, 1.165) is 12.2 Å². The number of hydrogen-bond acceptors (Lipinski definition) is 9. The van der Waals surface area contributed by atoms with Gasteiger partial charge < -0.3 is 47.1 Å². The van der Waals surface area contributed by atoms with Crippen LogP contribution in [0.25, 0.3) is 0 Å². The molecule has 1 saturated heterocycles. The van der Waals surface area contributed by atoms with Crippen molar-refractivity contribution in [2.75, 3.05) is 52.5 Å². The lowest BCUT2D eigenvalue weighted by atomic mass is 9.96. The van der Waals surface area contributed by atoms with Crippen molar-refractivity contribution >= 4 is 35.4 Å². The fourth-order valence-electron chi connectivity index (χ4n) is 5.18. The van der Waals surface area contributed by atoms with Crippen molar-refractivity contribution in [3.05, 3.63) is 47.5 Å². The molecule has 1 aromatic rings. The number of nitrogens with two attached hydrogens (primary N) is 1. The van der Waals surface area contributed by atoms with Crippen molar-refractivity contribution in [3.8, 4) is 0 Å². The van der Waals surface area contributed by atoms with Crippen LogP contribution in [-0.4, -0.2) is 110 Å². The van der Waals surface area contributed by atoms with Crippen LogP contribution < -0.4 is 32.3 Å². The van der Waals surface area contributed by atoms with Crippen molar-refractivity contribution in [1.82, 2.24) is 31.5 Å². The largest absolute Gasteiger partial charge is 0.396 e. The van der Waals surface area contributed by atoms with Crippen molar-refractivity contribution in [2.45, 2.75) is 50.7 Å². The van der Waals surface area contributed by atoms with E-state index in [-0.39, 0.29) is 58.7 Å². The van der Waals surface area contributed by atoms with Crippen molar-refractivity contribution in [1.29, 1.82) is 0 Å². The number of aliphatic hydroxyl groups is 1. The lowest BCUT2D eigenvalue weighted by Crippen LogP contribution is -2.51. The van der Waals surface area contributed by atoms with Gasteiger partial charge in [-0.2, -0.15) is 0 Å². The molecule has 0 aliphatic carbocycles. The molecule has 15 heteroatoms. The van der Waals surface area contributed by atoms with E-state index >= 15 is 0 Å². The highest BCUT2D eigenvalue weighted by Gasteiger charge is 2.30. The quantitative estimate of drug-likeness (QED) is 0.150. The summed E-state index contributed by atoms with van der Waals surface area (Å²) in [5.41, 5.74) is 6.68. The van der Waals surface area contributed by atoms with Crippen LogP contribution >= 0.6 is 0 Å². The molecular formula is C31H45N7O8. The minimum absolute atomic E-state index is 0.0164. The average molecular weight is 644 g/mol. The SMILES string of the molecule is NCCOCCNC(=O)[C@@H]1CCNC(=O)/C=C/C(=O)N2CCC[C@H](C2)C(=O)N[C@@H](CCO)C(=O)NCc2ccccc2CC(=O)N1. The predicted molar refractivity (Wildman–Crippen MR) is 167 cm³/mol. The molecular weight excluding hydrogens is 598 g/mol. The van der Waals surface area contributed by atoms with E-state index in [1.807, 2.05) is 0 Å². The normalized spacial score (nSPS) is 23.0. The Morgan fingerprint density at radius 3 is 2.54 bits per heavy atom. The Hall–Kier alpha value is -4.34. The van der Waals surface area contributed by atoms with Gasteiger partial charge in [0.15, 0.2) is 0 Å². The number of carbonyl (C=O) groups is 6. The lowest BCUT2D eigenvalue weighted by Gasteiger charge is -2.32. The molecule has 0 unspecified atom stereocenters. The summed E-state index contributed by atoms with van der Waals surface area (Å²) in [6.45, 7) is 1.38. The summed E-state index contributed by atoms with van der Waals surface area (Å²) < 4.78 is 5.29. The van der Waals surface area contributed by atoms with Gasteiger partial charge in [0.1, 0.15) is 12.1 Å². The molecule has 1 fully saturated rings. The summed E-state index contributed by atoms with van der Waals surface area (Å²) >= 11 is 0. The van der Waals surface area contributed by atoms with Gasteiger partial charge in [-0.3, -0.25) is 28.8 Å². The number of hydrogen-bond donors (Lipinski definition) is 7. The first-order chi connectivity index (χ1) is 22.2. The van der Waals surface area contributed by atoms with Crippen LogP contribution in [0.1, 0.15) is 36.8 Å². The first-order valence-corrected chi connectivity index (χ1v) is 15.6. The third-order valence-corrected chi connectivity index (χ3v) is 7.65. The Morgan fingerprint density at radius 1 is 1.00 bits per heavy atom. The predicted octanol–water partition coefficient (Wildman–Crippen LogP) is -2.40. The Balaban J connectivity index is 1.81. The number of benzene rings is 1. The van der Waals surface area contributed by atoms with E-state index in [2.05, 4.69) is 26.6 Å². The van der Waals surface area contributed by atoms with Gasteiger partial charge in [0.25, 0.3) is 0 Å². The molecule has 0 spiro atoms. The number of nitrogens with one attached hydrogen (secondary N) is 5. The standard InChI is InChI=1S/C31H45N7O8/c32-11-16-46-17-13-34-30(44)24-9-12-33-26(40)7-8-28(42)38-14-3-6-23(20-38)29(43)37-25(10-15-39)31(45)35-19-22-5-2-1-4-21(22)18-27(41)36-24/h1-2,4-5,7-8,23-25,39H,3,6,9-20,32H2,(H,33,40)(H,34,44)(H,35,45)(H,36,41)(H,37,43)/b8-7+/t23-,24+,25+/m1/s1. The van der Waals surface area contributed by atoms with Crippen LogP contribution in [0.3, 0.4) is 0 Å². The highest BCUT2D eigenvalue weighted by atomic mass is 16.5. The van der Waals surface area contributed by atoms with E-state index < -0.39 is 53.4 Å². The number of piperidine rings is 1. The van der Waals surface area contributed by atoms with Crippen LogP contribution in [0.4, 0.5) is 0 Å². The van der Waals surface area contributed by atoms with Gasteiger partial charge >= 0.3 is 0 Å². The van der Waals surface area contributed by atoms with Gasteiger partial charge in [-0.05, 0) is 36.8 Å². The summed E-state index contributed by atoms with van der Waals surface area (Å²) in [5, 5.41) is 23.1. The van der Waals surface area contributed by atoms with Gasteiger partial charge in [0, 0.05) is 58.0 Å². The third-order valence-electron chi connectivity index (χ3n) is 7.65. The molecule has 8 N–H and O–H groups in total. The summed E-state index contributed by atoms with van der Waals surface area (Å²) in [6, 6.07) is 5.00. The van der Waals surface area contributed by atoms with E-state index in [1.165, 1.54) is 4.90 Å². The zero-order valence-electron chi connectivity index (χ0n) is 25.9. The van der Waals surface area contributed by atoms with E-state index in [4.69, 9.17) is 10.5 Å². The highest BCUT2D eigenvalue weighted by molar-refractivity contribution is 5.97. The molecule has 0 saturated carbocycles. The summed E-state index contributed by atoms with van der Waals surface area (Å²) in [4.78, 5) is 79.0. The van der Waals surface area contributed by atoms with Gasteiger partial charge in [-0.25, -0.2) is 0 Å². The molecule has 2 aliphatic heterocycles. The smallest absolute Gasteiger partial charge is 0.246 e. The van der Waals surface area contributed by atoms with Gasteiger partial charge in [-0.1, -0.05) is 24.3 Å². The van der Waals surface area contributed by atoms with Gasteiger partial charge in [-0.15, -0.1) is 0 Å². The highest BCUT2D eigenvalue weighted by Crippen LogP contribution is 2.18. The molecule has 252 valence electrons. The number of ether oxygens (including phenoxy) is 1. The monoisotopic (exact) mass is 643 g/mol. The second-order valence-corrected chi connectivity index (χ2v) is 11.1. The van der Waals surface area contributed by atoms with Crippen LogP contribution in [0.5, 0.6) is 0 Å². The minimum atomic E-state index is -1.01. The summed E-state index contributed by atoms with van der Waals surface area (Å²) in [5.74, 6) is -3.41. The molecule has 2 bridgehead atoms. The van der Waals surface area contributed by atoms with E-state index in [9.17, 15) is 33.9 Å². The number of carbonyl (C=O) groups excluding carboxylic acids is 6. The number of nitrogens with zero attached hydrogens (tertiary/aromatic N) is 1. The molecule has 0 aromatic heterocycles. The fourth-order valence-corrected chi connectivity index (χ4v) is 5.18. The zero-order chi connectivity index (χ0) is 33.3. The van der Waals surface area contributed by atoms with Crippen molar-refractivity contribution < 1.29 is 38.6 Å². The Kier molecular flexibility index (Phi) is 15.1. The van der Waals surface area contributed by atoms with Gasteiger partial charge in [0.2, 0.25) is 35.4 Å². The van der Waals surface area contributed by atoms with Crippen LogP contribution in [0.15, 0.2) is 36.4 Å². The molecule has 3 atom stereocenters. The number of amides is 6. The second kappa shape index (κ2) is 19.2. The number of aliphatic hydroxyl groups excluding tert-OH is 1. The third kappa shape index (κ3) is 11.9. The first kappa shape index (κ1) is 36.1. The second-order valence-electron chi connectivity index (χ2n) is 11.1. The van der Waals surface area contributed by atoms with E-state index in [1.54, 1.807) is 24.3 Å². The maximum atomic E-state index is 13.1. The Bertz CT molecular complexity index is 1260. The van der Waals surface area contributed by atoms with Gasteiger partial charge in [0.05, 0.1) is 25.6 Å². The van der Waals surface area contributed by atoms with Crippen molar-refractivity contribution in [2.24, 2.45) is 11.7 Å². The fraction of sp³-hybridized carbons (Fsp3) is 0.548. The molecule has 0 radical (unpaired) electrons. The molecule has 2 heterocycles. The zero-order valence-corrected chi connectivity index (χ0v) is 25.9. The summed E-state index contributed by atoms with van der Waals surface area (Å²) in [7, 11) is 0.